The molecule has 0 radical (unpaired) electrons. The smallest absolute Gasteiger partial charge is 0.234 e. The number of carbonyl (C=O) groups is 1. The van der Waals surface area contributed by atoms with E-state index in [9.17, 15) is 4.79 Å². The first kappa shape index (κ1) is 11.9. The van der Waals surface area contributed by atoms with Gasteiger partial charge in [-0.3, -0.25) is 4.79 Å². The van der Waals surface area contributed by atoms with Crippen molar-refractivity contribution in [3.05, 3.63) is 0 Å². The molecule has 2 unspecified atom stereocenters. The van der Waals surface area contributed by atoms with E-state index in [1.54, 1.807) is 0 Å². The van der Waals surface area contributed by atoms with E-state index in [1.807, 2.05) is 19.0 Å². The summed E-state index contributed by atoms with van der Waals surface area (Å²) in [5.74, 6) is 0.167. The van der Waals surface area contributed by atoms with E-state index in [-0.39, 0.29) is 11.4 Å². The van der Waals surface area contributed by atoms with E-state index in [0.717, 1.165) is 19.4 Å². The monoisotopic (exact) mass is 225 g/mol. The number of fused-ring (bicyclic) bond motifs is 1. The molecule has 1 heterocycles. The van der Waals surface area contributed by atoms with Crippen LogP contribution in [0.25, 0.3) is 0 Å². The van der Waals surface area contributed by atoms with Crippen LogP contribution in [0.1, 0.15) is 32.1 Å². The zero-order valence-electron chi connectivity index (χ0n) is 10.4. The number of amides is 1. The van der Waals surface area contributed by atoms with Crippen molar-refractivity contribution in [1.29, 1.82) is 0 Å². The molecule has 1 saturated heterocycles. The Morgan fingerprint density at radius 3 is 3.00 bits per heavy atom. The highest BCUT2D eigenvalue weighted by Gasteiger charge is 2.44. The van der Waals surface area contributed by atoms with E-state index in [2.05, 4.69) is 10.6 Å². The number of hydrogen-bond donors (Lipinski definition) is 2. The fourth-order valence-corrected chi connectivity index (χ4v) is 3.12. The minimum absolute atomic E-state index is 0.0609. The summed E-state index contributed by atoms with van der Waals surface area (Å²) in [6.45, 7) is 1.54. The Labute approximate surface area is 97.8 Å². The average Bonchev–Trinajstić information content (AvgIpc) is 2.58. The highest BCUT2D eigenvalue weighted by molar-refractivity contribution is 5.79. The van der Waals surface area contributed by atoms with Crippen LogP contribution in [0.3, 0.4) is 0 Å². The number of rotatable bonds is 3. The summed E-state index contributed by atoms with van der Waals surface area (Å²) < 4.78 is 0. The van der Waals surface area contributed by atoms with Crippen molar-refractivity contribution in [3.63, 3.8) is 0 Å². The lowest BCUT2D eigenvalue weighted by Crippen LogP contribution is -2.58. The molecule has 2 fully saturated rings. The molecule has 1 saturated carbocycles. The van der Waals surface area contributed by atoms with Gasteiger partial charge in [0.25, 0.3) is 0 Å². The van der Waals surface area contributed by atoms with Gasteiger partial charge in [-0.1, -0.05) is 12.8 Å². The lowest BCUT2D eigenvalue weighted by atomic mass is 9.78. The van der Waals surface area contributed by atoms with Crippen molar-refractivity contribution in [2.75, 3.05) is 27.2 Å². The number of likely N-dealkylation sites (N-methyl/N-ethyl adjacent to an activating group) is 1. The van der Waals surface area contributed by atoms with Gasteiger partial charge in [0, 0.05) is 6.04 Å². The first-order chi connectivity index (χ1) is 7.62. The molecule has 2 aliphatic rings. The van der Waals surface area contributed by atoms with Crippen molar-refractivity contribution in [2.45, 2.75) is 43.7 Å². The minimum atomic E-state index is 0.0609. The highest BCUT2D eigenvalue weighted by atomic mass is 16.2. The molecule has 2 rings (SSSR count). The molecular weight excluding hydrogens is 202 g/mol. The van der Waals surface area contributed by atoms with Gasteiger partial charge in [-0.05, 0) is 39.9 Å². The van der Waals surface area contributed by atoms with Gasteiger partial charge < -0.3 is 15.5 Å². The van der Waals surface area contributed by atoms with Crippen LogP contribution in [-0.2, 0) is 4.79 Å². The van der Waals surface area contributed by atoms with E-state index in [0.29, 0.717) is 12.6 Å². The van der Waals surface area contributed by atoms with Crippen molar-refractivity contribution < 1.29 is 4.79 Å². The second-order valence-corrected chi connectivity index (χ2v) is 5.44. The van der Waals surface area contributed by atoms with Crippen molar-refractivity contribution in [3.8, 4) is 0 Å². The predicted octanol–water partition coefficient (Wildman–Crippen LogP) is 0.339. The van der Waals surface area contributed by atoms with Crippen LogP contribution in [0, 0.1) is 0 Å². The van der Waals surface area contributed by atoms with Crippen molar-refractivity contribution in [1.82, 2.24) is 15.5 Å². The van der Waals surface area contributed by atoms with Gasteiger partial charge in [0.05, 0.1) is 12.1 Å². The van der Waals surface area contributed by atoms with E-state index < -0.39 is 0 Å². The molecule has 0 aromatic rings. The summed E-state index contributed by atoms with van der Waals surface area (Å²) in [6, 6.07) is 0.507. The van der Waals surface area contributed by atoms with Crippen LogP contribution in [0.5, 0.6) is 0 Å². The van der Waals surface area contributed by atoms with E-state index >= 15 is 0 Å². The normalized spacial score (nSPS) is 33.8. The fourth-order valence-electron chi connectivity index (χ4n) is 3.12. The largest absolute Gasteiger partial charge is 0.348 e. The molecule has 0 bridgehead atoms. The van der Waals surface area contributed by atoms with Gasteiger partial charge in [0.2, 0.25) is 5.91 Å². The van der Waals surface area contributed by atoms with Gasteiger partial charge in [-0.15, -0.1) is 0 Å². The predicted molar refractivity (Wildman–Crippen MR) is 64.3 cm³/mol. The molecule has 0 aromatic carbocycles. The Morgan fingerprint density at radius 2 is 2.25 bits per heavy atom. The fraction of sp³-hybridized carbons (Fsp3) is 0.917. The molecule has 0 aromatic heterocycles. The number of carbonyl (C=O) groups excluding carboxylic acids is 1. The first-order valence-electron chi connectivity index (χ1n) is 6.31. The van der Waals surface area contributed by atoms with Gasteiger partial charge in [0.1, 0.15) is 0 Å². The SMILES string of the molecule is CN(C)CC(=O)NC12CCCCC1NCC2. The molecule has 2 N–H and O–H groups in total. The number of nitrogens with zero attached hydrogens (tertiary/aromatic N) is 1. The lowest BCUT2D eigenvalue weighted by molar-refractivity contribution is -0.124. The summed E-state index contributed by atoms with van der Waals surface area (Å²) in [4.78, 5) is 13.8. The Kier molecular flexibility index (Phi) is 3.50. The quantitative estimate of drug-likeness (QED) is 0.728. The third-order valence-corrected chi connectivity index (χ3v) is 3.84. The topological polar surface area (TPSA) is 44.4 Å². The van der Waals surface area contributed by atoms with Crippen LogP contribution in [-0.4, -0.2) is 49.6 Å². The Morgan fingerprint density at radius 1 is 1.44 bits per heavy atom. The molecule has 16 heavy (non-hydrogen) atoms. The first-order valence-corrected chi connectivity index (χ1v) is 6.31. The van der Waals surface area contributed by atoms with Gasteiger partial charge in [0.15, 0.2) is 0 Å². The Bertz CT molecular complexity index is 267. The van der Waals surface area contributed by atoms with Crippen molar-refractivity contribution >= 4 is 5.91 Å². The second-order valence-electron chi connectivity index (χ2n) is 5.44. The van der Waals surface area contributed by atoms with Crippen molar-refractivity contribution in [2.24, 2.45) is 0 Å². The second kappa shape index (κ2) is 4.72. The molecule has 0 spiro atoms. The molecule has 1 aliphatic heterocycles. The van der Waals surface area contributed by atoms with Gasteiger partial charge >= 0.3 is 0 Å². The zero-order chi connectivity index (χ0) is 11.6. The van der Waals surface area contributed by atoms with E-state index in [1.165, 1.54) is 19.3 Å². The molecule has 2 atom stereocenters. The van der Waals surface area contributed by atoms with Crippen LogP contribution < -0.4 is 10.6 Å². The summed E-state index contributed by atoms with van der Waals surface area (Å²) in [5, 5.41) is 6.81. The van der Waals surface area contributed by atoms with Gasteiger partial charge in [-0.25, -0.2) is 0 Å². The molecule has 92 valence electrons. The molecule has 1 aliphatic carbocycles. The summed E-state index contributed by atoms with van der Waals surface area (Å²) in [5.41, 5.74) is 0.0609. The van der Waals surface area contributed by atoms with Crippen LogP contribution in [0.15, 0.2) is 0 Å². The zero-order valence-corrected chi connectivity index (χ0v) is 10.4. The third kappa shape index (κ3) is 2.38. The summed E-state index contributed by atoms with van der Waals surface area (Å²) in [7, 11) is 3.87. The highest BCUT2D eigenvalue weighted by Crippen LogP contribution is 2.34. The van der Waals surface area contributed by atoms with Crippen LogP contribution >= 0.6 is 0 Å². The summed E-state index contributed by atoms with van der Waals surface area (Å²) in [6.07, 6.45) is 5.99. The maximum atomic E-state index is 11.9. The lowest BCUT2D eigenvalue weighted by Gasteiger charge is -2.40. The average molecular weight is 225 g/mol. The van der Waals surface area contributed by atoms with E-state index in [4.69, 9.17) is 0 Å². The Balaban J connectivity index is 1.97. The third-order valence-electron chi connectivity index (χ3n) is 3.84. The van der Waals surface area contributed by atoms with Crippen LogP contribution in [0.2, 0.25) is 0 Å². The van der Waals surface area contributed by atoms with Gasteiger partial charge in [-0.2, -0.15) is 0 Å². The molecule has 1 amide bonds. The molecule has 4 nitrogen and oxygen atoms in total. The maximum Gasteiger partial charge on any atom is 0.234 e. The molecule has 4 heteroatoms. The Hall–Kier alpha value is -0.610. The summed E-state index contributed by atoms with van der Waals surface area (Å²) >= 11 is 0. The number of nitrogens with one attached hydrogen (secondary N) is 2. The van der Waals surface area contributed by atoms with Crippen LogP contribution in [0.4, 0.5) is 0 Å². The molecular formula is C12H23N3O. The number of hydrogen-bond acceptors (Lipinski definition) is 3. The maximum absolute atomic E-state index is 11.9. The standard InChI is InChI=1S/C12H23N3O/c1-15(2)9-11(16)14-12-6-4-3-5-10(12)13-8-7-12/h10,13H,3-9H2,1-2H3,(H,14,16). The minimum Gasteiger partial charge on any atom is -0.348 e.